The van der Waals surface area contributed by atoms with E-state index in [-0.39, 0.29) is 45.1 Å². The van der Waals surface area contributed by atoms with Gasteiger partial charge in [-0.25, -0.2) is 32.8 Å². The van der Waals surface area contributed by atoms with E-state index in [1.54, 1.807) is 0 Å². The molecule has 0 radical (unpaired) electrons. The first kappa shape index (κ1) is 36.9. The number of esters is 5. The maximum atomic E-state index is 16.1. The molecule has 3 rings (SSSR count). The van der Waals surface area contributed by atoms with Crippen molar-refractivity contribution in [3.8, 4) is 40.6 Å². The Labute approximate surface area is 279 Å². The number of hydrogen-bond donors (Lipinski definition) is 0. The van der Waals surface area contributed by atoms with E-state index in [0.29, 0.717) is 0 Å². The summed E-state index contributed by atoms with van der Waals surface area (Å²) in [5.41, 5.74) is -2.16. The fraction of sp³-hybridized carbons (Fsp3) is 0.108. The van der Waals surface area contributed by atoms with Gasteiger partial charge in [0.2, 0.25) is 0 Å². The van der Waals surface area contributed by atoms with Gasteiger partial charge in [0, 0.05) is 27.9 Å². The van der Waals surface area contributed by atoms with E-state index in [9.17, 15) is 24.0 Å². The minimum absolute atomic E-state index is 0.0579. The van der Waals surface area contributed by atoms with E-state index in [1.807, 2.05) is 0 Å². The highest BCUT2D eigenvalue weighted by Crippen LogP contribution is 2.39. The van der Waals surface area contributed by atoms with Gasteiger partial charge in [-0.2, -0.15) is 0 Å². The van der Waals surface area contributed by atoms with Gasteiger partial charge in [-0.15, -0.1) is 0 Å². The Morgan fingerprint density at radius 3 is 1.20 bits per heavy atom. The Hall–Kier alpha value is -6.61. The molecular formula is C37H28F2O10. The molecule has 0 aromatic heterocycles. The molecule has 0 atom stereocenters. The quantitative estimate of drug-likeness (QED) is 0.102. The van der Waals surface area contributed by atoms with Crippen LogP contribution in [-0.2, 0) is 19.2 Å². The van der Waals surface area contributed by atoms with Crippen molar-refractivity contribution in [1.29, 1.82) is 0 Å². The van der Waals surface area contributed by atoms with Crippen LogP contribution in [-0.4, -0.2) is 29.8 Å². The van der Waals surface area contributed by atoms with Crippen LogP contribution in [0.4, 0.5) is 8.78 Å². The van der Waals surface area contributed by atoms with Crippen molar-refractivity contribution in [2.24, 2.45) is 0 Å². The summed E-state index contributed by atoms with van der Waals surface area (Å²) in [6, 6.07) is 10.4. The van der Waals surface area contributed by atoms with Crippen molar-refractivity contribution < 1.29 is 56.4 Å². The summed E-state index contributed by atoms with van der Waals surface area (Å²) in [5, 5.41) is 0. The third kappa shape index (κ3) is 9.46. The van der Waals surface area contributed by atoms with Crippen molar-refractivity contribution in [3.05, 3.63) is 125 Å². The Bertz CT molecular complexity index is 1940. The van der Waals surface area contributed by atoms with Crippen LogP contribution in [0.2, 0.25) is 0 Å². The lowest BCUT2D eigenvalue weighted by atomic mass is 10.1. The zero-order valence-electron chi connectivity index (χ0n) is 26.8. The van der Waals surface area contributed by atoms with Gasteiger partial charge in [0.15, 0.2) is 28.7 Å². The van der Waals surface area contributed by atoms with Crippen molar-refractivity contribution in [3.63, 3.8) is 0 Å². The average Bonchev–Trinajstić information content (AvgIpc) is 3.04. The summed E-state index contributed by atoms with van der Waals surface area (Å²) in [6.07, 6.45) is 0. The molecule has 0 aliphatic heterocycles. The van der Waals surface area contributed by atoms with Gasteiger partial charge >= 0.3 is 29.8 Å². The monoisotopic (exact) mass is 670 g/mol. The molecule has 10 nitrogen and oxygen atoms in total. The molecule has 0 aliphatic carbocycles. The molecule has 0 amide bonds. The predicted octanol–water partition coefficient (Wildman–Crippen LogP) is 6.51. The van der Waals surface area contributed by atoms with Crippen LogP contribution in [0.3, 0.4) is 0 Å². The van der Waals surface area contributed by atoms with Crippen LogP contribution in [0.25, 0.3) is 0 Å². The molecule has 0 N–H and O–H groups in total. The maximum absolute atomic E-state index is 16.1. The molecule has 49 heavy (non-hydrogen) atoms. The van der Waals surface area contributed by atoms with E-state index >= 15 is 8.78 Å². The Balaban J connectivity index is 2.16. The van der Waals surface area contributed by atoms with Crippen molar-refractivity contribution in [2.75, 3.05) is 0 Å². The molecule has 12 heteroatoms. The molecule has 0 aliphatic rings. The molecule has 3 aromatic carbocycles. The smallest absolute Gasteiger partial charge is 0.351 e. The van der Waals surface area contributed by atoms with Crippen LogP contribution >= 0.6 is 0 Å². The van der Waals surface area contributed by atoms with Gasteiger partial charge in [0.05, 0.1) is 0 Å². The molecule has 3 aromatic rings. The summed E-state index contributed by atoms with van der Waals surface area (Å²) in [6.45, 7) is 19.1. The first-order valence-corrected chi connectivity index (χ1v) is 14.0. The number of carbonyl (C=O) groups excluding carboxylic acids is 5. The molecule has 0 fully saturated rings. The van der Waals surface area contributed by atoms with Gasteiger partial charge in [0.1, 0.15) is 22.8 Å². The topological polar surface area (TPSA) is 132 Å². The molecule has 0 saturated carbocycles. The minimum Gasteiger partial charge on any atom is -0.423 e. The SMILES string of the molecule is C=C(C)C(=O)Oc1ccc(C#Cc2c(F)c(OC(=O)C(=C)C)c(C(=O)Oc3ccc(OC(=O)C(=C)C)cc3)c(OC(=O)C(=C)C)c2F)cc1. The van der Waals surface area contributed by atoms with Gasteiger partial charge in [-0.1, -0.05) is 38.2 Å². The number of carbonyl (C=O) groups is 5. The lowest BCUT2D eigenvalue weighted by Gasteiger charge is -2.17. The van der Waals surface area contributed by atoms with E-state index in [1.165, 1.54) is 76.2 Å². The van der Waals surface area contributed by atoms with Crippen molar-refractivity contribution in [2.45, 2.75) is 27.7 Å². The predicted molar refractivity (Wildman–Crippen MR) is 172 cm³/mol. The van der Waals surface area contributed by atoms with E-state index in [4.69, 9.17) is 23.7 Å². The van der Waals surface area contributed by atoms with Gasteiger partial charge in [-0.3, -0.25) is 0 Å². The Kier molecular flexibility index (Phi) is 11.9. The normalized spacial score (nSPS) is 10.0. The highest BCUT2D eigenvalue weighted by atomic mass is 19.1. The summed E-state index contributed by atoms with van der Waals surface area (Å²) in [5.74, 6) is -6.18. The van der Waals surface area contributed by atoms with E-state index in [2.05, 4.69) is 38.2 Å². The molecule has 0 heterocycles. The number of rotatable bonds is 10. The molecule has 0 bridgehead atoms. The van der Waals surface area contributed by atoms with Crippen LogP contribution < -0.4 is 23.7 Å². The fourth-order valence-electron chi connectivity index (χ4n) is 3.36. The standard InChI is InChI=1S/C37H28F2O10/c1-19(2)33(40)45-24-12-9-23(10-13-24)11-18-27-29(38)31(48-35(42)21(5)6)28(32(30(27)39)49-36(43)22(7)8)37(44)47-26-16-14-25(15-17-26)46-34(41)20(3)4/h9-10,12-17H,1,3,5,7H2,2,4,6,8H3. The van der Waals surface area contributed by atoms with Crippen molar-refractivity contribution >= 4 is 29.8 Å². The third-order valence-corrected chi connectivity index (χ3v) is 5.92. The second-order valence-electron chi connectivity index (χ2n) is 10.4. The molecule has 0 spiro atoms. The van der Waals surface area contributed by atoms with Gasteiger partial charge in [-0.05, 0) is 76.2 Å². The van der Waals surface area contributed by atoms with E-state index in [0.717, 1.165) is 0 Å². The lowest BCUT2D eigenvalue weighted by Crippen LogP contribution is -2.21. The second kappa shape index (κ2) is 15.8. The number of hydrogen-bond acceptors (Lipinski definition) is 10. The number of benzene rings is 3. The summed E-state index contributed by atoms with van der Waals surface area (Å²) in [4.78, 5) is 62.2. The lowest BCUT2D eigenvalue weighted by molar-refractivity contribution is -0.131. The van der Waals surface area contributed by atoms with Crippen molar-refractivity contribution in [1.82, 2.24) is 0 Å². The van der Waals surface area contributed by atoms with Gasteiger partial charge in [0.25, 0.3) is 0 Å². The summed E-state index contributed by atoms with van der Waals surface area (Å²) in [7, 11) is 0. The zero-order valence-corrected chi connectivity index (χ0v) is 26.8. The van der Waals surface area contributed by atoms with Crippen LogP contribution in [0.5, 0.6) is 28.7 Å². The van der Waals surface area contributed by atoms with E-state index < -0.39 is 64.1 Å². The summed E-state index contributed by atoms with van der Waals surface area (Å²) < 4.78 is 57.8. The minimum atomic E-state index is -1.62. The first-order chi connectivity index (χ1) is 23.0. The van der Waals surface area contributed by atoms with Crippen LogP contribution in [0.1, 0.15) is 49.2 Å². The first-order valence-electron chi connectivity index (χ1n) is 14.0. The molecule has 250 valence electrons. The Morgan fingerprint density at radius 1 is 0.510 bits per heavy atom. The third-order valence-electron chi connectivity index (χ3n) is 5.92. The Morgan fingerprint density at radius 2 is 0.837 bits per heavy atom. The highest BCUT2D eigenvalue weighted by Gasteiger charge is 2.34. The van der Waals surface area contributed by atoms with Crippen LogP contribution in [0.15, 0.2) is 97.1 Å². The average molecular weight is 671 g/mol. The van der Waals surface area contributed by atoms with Crippen LogP contribution in [0, 0.1) is 23.5 Å². The second-order valence-corrected chi connectivity index (χ2v) is 10.4. The molecule has 0 unspecified atom stereocenters. The summed E-state index contributed by atoms with van der Waals surface area (Å²) >= 11 is 0. The van der Waals surface area contributed by atoms with Gasteiger partial charge < -0.3 is 23.7 Å². The molecular weight excluding hydrogens is 642 g/mol. The molecule has 0 saturated heterocycles. The zero-order chi connectivity index (χ0) is 36.6. The largest absolute Gasteiger partial charge is 0.423 e. The number of halogens is 2. The fourth-order valence-corrected chi connectivity index (χ4v) is 3.36. The maximum Gasteiger partial charge on any atom is 0.351 e. The number of ether oxygens (including phenoxy) is 5. The highest BCUT2D eigenvalue weighted by molar-refractivity contribution is 6.01.